The number of carbonyl (C=O) groups is 2. The molecule has 0 spiro atoms. The van der Waals surface area contributed by atoms with E-state index >= 15 is 0 Å². The van der Waals surface area contributed by atoms with Crippen LogP contribution in [0.4, 0.5) is 5.69 Å². The number of carbonyl (C=O) groups excluding carboxylic acids is 1. The number of rotatable bonds is 4. The zero-order valence-corrected chi connectivity index (χ0v) is 12.4. The Hall–Kier alpha value is -1.99. The summed E-state index contributed by atoms with van der Waals surface area (Å²) >= 11 is 4.82. The largest absolute Gasteiger partial charge is 0.478 e. The van der Waals surface area contributed by atoms with Crippen molar-refractivity contribution in [1.82, 2.24) is 4.98 Å². The van der Waals surface area contributed by atoms with Gasteiger partial charge < -0.3 is 10.4 Å². The monoisotopic (exact) mass is 352 g/mol. The van der Waals surface area contributed by atoms with Crippen LogP contribution >= 0.6 is 27.3 Å². The van der Waals surface area contributed by atoms with Crippen molar-refractivity contribution in [3.63, 3.8) is 0 Å². The number of hydrogen-bond acceptors (Lipinski definition) is 4. The van der Waals surface area contributed by atoms with Gasteiger partial charge in [-0.2, -0.15) is 0 Å². The van der Waals surface area contributed by atoms with Crippen LogP contribution in [-0.2, 0) is 4.79 Å². The lowest BCUT2D eigenvalue weighted by molar-refractivity contribution is -0.111. The van der Waals surface area contributed by atoms with Gasteiger partial charge in [0, 0.05) is 17.2 Å². The number of nitrogens with zero attached hydrogens (tertiary/aromatic N) is 1. The molecule has 7 heteroatoms. The first-order valence-electron chi connectivity index (χ1n) is 5.48. The number of aromatic nitrogens is 1. The highest BCUT2D eigenvalue weighted by Crippen LogP contribution is 2.23. The molecule has 102 valence electrons. The molecule has 0 aliphatic rings. The van der Waals surface area contributed by atoms with E-state index in [1.807, 2.05) is 12.1 Å². The predicted octanol–water partition coefficient (Wildman–Crippen LogP) is 3.26. The van der Waals surface area contributed by atoms with Gasteiger partial charge in [0.05, 0.1) is 21.2 Å². The third-order valence-corrected chi connectivity index (χ3v) is 3.89. The number of pyridine rings is 1. The van der Waals surface area contributed by atoms with Crippen LogP contribution in [0.2, 0.25) is 0 Å². The van der Waals surface area contributed by atoms with E-state index in [4.69, 9.17) is 5.11 Å². The Kier molecular flexibility index (Phi) is 4.65. The van der Waals surface area contributed by atoms with Gasteiger partial charge in [0.2, 0.25) is 5.91 Å². The third-order valence-electron chi connectivity index (χ3n) is 2.30. The van der Waals surface area contributed by atoms with Crippen LogP contribution in [0.5, 0.6) is 0 Å². The van der Waals surface area contributed by atoms with E-state index in [0.29, 0.717) is 0 Å². The van der Waals surface area contributed by atoms with Crippen molar-refractivity contribution in [1.29, 1.82) is 0 Å². The average Bonchev–Trinajstić information content (AvgIpc) is 2.83. The van der Waals surface area contributed by atoms with Crippen molar-refractivity contribution in [3.8, 4) is 0 Å². The molecule has 0 aromatic carbocycles. The Morgan fingerprint density at radius 3 is 2.80 bits per heavy atom. The van der Waals surface area contributed by atoms with E-state index < -0.39 is 11.9 Å². The van der Waals surface area contributed by atoms with Crippen molar-refractivity contribution < 1.29 is 14.7 Å². The van der Waals surface area contributed by atoms with Crippen LogP contribution in [0.15, 0.2) is 40.5 Å². The Labute approximate surface area is 127 Å². The lowest BCUT2D eigenvalue weighted by Gasteiger charge is -2.04. The predicted molar refractivity (Wildman–Crippen MR) is 80.9 cm³/mol. The van der Waals surface area contributed by atoms with Gasteiger partial charge in [-0.3, -0.25) is 9.78 Å². The molecule has 1 amide bonds. The van der Waals surface area contributed by atoms with Gasteiger partial charge in [-0.15, -0.1) is 11.3 Å². The SMILES string of the molecule is O=C(C=Cc1ccc(Br)s1)Nc1cnccc1C(=O)O. The van der Waals surface area contributed by atoms with Gasteiger partial charge in [0.1, 0.15) is 0 Å². The first-order valence-corrected chi connectivity index (χ1v) is 7.09. The molecule has 2 heterocycles. The number of aromatic carboxylic acids is 1. The molecule has 2 rings (SSSR count). The van der Waals surface area contributed by atoms with Gasteiger partial charge in [0.25, 0.3) is 0 Å². The summed E-state index contributed by atoms with van der Waals surface area (Å²) in [6.07, 6.45) is 5.66. The maximum absolute atomic E-state index is 11.7. The molecule has 2 aromatic rings. The Morgan fingerprint density at radius 2 is 2.15 bits per heavy atom. The van der Waals surface area contributed by atoms with Gasteiger partial charge in [-0.1, -0.05) is 0 Å². The summed E-state index contributed by atoms with van der Waals surface area (Å²) in [4.78, 5) is 27.4. The lowest BCUT2D eigenvalue weighted by Crippen LogP contribution is -2.12. The van der Waals surface area contributed by atoms with Crippen molar-refractivity contribution in [2.75, 3.05) is 5.32 Å². The molecule has 0 aliphatic heterocycles. The molecule has 0 unspecified atom stereocenters. The maximum atomic E-state index is 11.7. The smallest absolute Gasteiger partial charge is 0.337 e. The molecule has 0 saturated heterocycles. The van der Waals surface area contributed by atoms with Crippen LogP contribution in [0.3, 0.4) is 0 Å². The second-order valence-electron chi connectivity index (χ2n) is 3.69. The summed E-state index contributed by atoms with van der Waals surface area (Å²) in [6, 6.07) is 5.08. The molecular weight excluding hydrogens is 344 g/mol. The summed E-state index contributed by atoms with van der Waals surface area (Å²) in [5.74, 6) is -1.53. The summed E-state index contributed by atoms with van der Waals surface area (Å²) in [5, 5.41) is 11.5. The van der Waals surface area contributed by atoms with E-state index in [1.54, 1.807) is 6.08 Å². The third kappa shape index (κ3) is 3.75. The zero-order chi connectivity index (χ0) is 14.5. The number of carboxylic acid groups (broad SMARTS) is 1. The maximum Gasteiger partial charge on any atom is 0.337 e. The Balaban J connectivity index is 2.09. The second kappa shape index (κ2) is 6.44. The molecule has 0 saturated carbocycles. The quantitative estimate of drug-likeness (QED) is 0.827. The van der Waals surface area contributed by atoms with Crippen LogP contribution in [-0.4, -0.2) is 22.0 Å². The average molecular weight is 353 g/mol. The zero-order valence-electron chi connectivity index (χ0n) is 10.0. The molecule has 0 fully saturated rings. The fraction of sp³-hybridized carbons (Fsp3) is 0. The van der Waals surface area contributed by atoms with Gasteiger partial charge in [-0.25, -0.2) is 4.79 Å². The minimum atomic E-state index is -1.12. The van der Waals surface area contributed by atoms with Crippen molar-refractivity contribution in [2.45, 2.75) is 0 Å². The summed E-state index contributed by atoms with van der Waals surface area (Å²) in [5.41, 5.74) is 0.169. The molecule has 0 bridgehead atoms. The van der Waals surface area contributed by atoms with E-state index in [0.717, 1.165) is 8.66 Å². The number of carboxylic acids is 1. The number of amides is 1. The van der Waals surface area contributed by atoms with E-state index in [9.17, 15) is 9.59 Å². The minimum absolute atomic E-state index is 0.000572. The molecule has 2 N–H and O–H groups in total. The second-order valence-corrected chi connectivity index (χ2v) is 6.19. The van der Waals surface area contributed by atoms with E-state index in [1.165, 1.54) is 35.9 Å². The first-order chi connectivity index (χ1) is 9.56. The molecule has 20 heavy (non-hydrogen) atoms. The highest BCUT2D eigenvalue weighted by atomic mass is 79.9. The topological polar surface area (TPSA) is 79.3 Å². The van der Waals surface area contributed by atoms with Gasteiger partial charge in [0.15, 0.2) is 0 Å². The highest BCUT2D eigenvalue weighted by molar-refractivity contribution is 9.11. The first kappa shape index (κ1) is 14.4. The Bertz CT molecular complexity index is 682. The minimum Gasteiger partial charge on any atom is -0.478 e. The lowest BCUT2D eigenvalue weighted by atomic mass is 10.2. The fourth-order valence-electron chi connectivity index (χ4n) is 1.43. The highest BCUT2D eigenvalue weighted by Gasteiger charge is 2.10. The number of hydrogen-bond donors (Lipinski definition) is 2. The van der Waals surface area contributed by atoms with Crippen molar-refractivity contribution >= 4 is 50.9 Å². The van der Waals surface area contributed by atoms with E-state index in [2.05, 4.69) is 26.2 Å². The van der Waals surface area contributed by atoms with Crippen molar-refractivity contribution in [3.05, 3.63) is 50.9 Å². The van der Waals surface area contributed by atoms with Crippen LogP contribution in [0.1, 0.15) is 15.2 Å². The number of anilines is 1. The molecule has 0 radical (unpaired) electrons. The van der Waals surface area contributed by atoms with Gasteiger partial charge >= 0.3 is 5.97 Å². The molecule has 5 nitrogen and oxygen atoms in total. The number of nitrogens with one attached hydrogen (secondary N) is 1. The van der Waals surface area contributed by atoms with Gasteiger partial charge in [-0.05, 0) is 40.2 Å². The fourth-order valence-corrected chi connectivity index (χ4v) is 2.76. The molecule has 0 atom stereocenters. The van der Waals surface area contributed by atoms with E-state index in [-0.39, 0.29) is 11.3 Å². The molecule has 0 aliphatic carbocycles. The number of halogens is 1. The summed E-state index contributed by atoms with van der Waals surface area (Å²) in [6.45, 7) is 0. The normalized spacial score (nSPS) is 10.7. The van der Waals surface area contributed by atoms with Crippen LogP contribution in [0.25, 0.3) is 6.08 Å². The molecular formula is C13H9BrN2O3S. The number of thiophene rings is 1. The summed E-state index contributed by atoms with van der Waals surface area (Å²) < 4.78 is 0.970. The van der Waals surface area contributed by atoms with Crippen LogP contribution in [0, 0.1) is 0 Å². The van der Waals surface area contributed by atoms with Crippen LogP contribution < -0.4 is 5.32 Å². The van der Waals surface area contributed by atoms with Crippen molar-refractivity contribution in [2.24, 2.45) is 0 Å². The summed E-state index contributed by atoms with van der Waals surface area (Å²) in [7, 11) is 0. The molecule has 2 aromatic heterocycles. The standard InChI is InChI=1S/C13H9BrN2O3S/c14-11-3-1-8(20-11)2-4-12(17)16-10-7-15-6-5-9(10)13(18)19/h1-7H,(H,16,17)(H,18,19). The Morgan fingerprint density at radius 1 is 1.35 bits per heavy atom.